The van der Waals surface area contributed by atoms with Crippen molar-refractivity contribution in [2.45, 2.75) is 38.8 Å². The lowest BCUT2D eigenvalue weighted by Crippen LogP contribution is -2.46. The summed E-state index contributed by atoms with van der Waals surface area (Å²) in [7, 11) is 0. The number of aliphatic hydroxyl groups is 1. The van der Waals surface area contributed by atoms with Crippen LogP contribution in [0.25, 0.3) is 0 Å². The van der Waals surface area contributed by atoms with Gasteiger partial charge in [0, 0.05) is 17.1 Å². The maximum Gasteiger partial charge on any atom is 0.222 e. The molecule has 0 bridgehead atoms. The molecule has 1 aromatic carbocycles. The maximum absolute atomic E-state index is 11.4. The third-order valence-electron chi connectivity index (χ3n) is 4.05. The fraction of sp³-hybridized carbons (Fsp3) is 0.533. The second-order valence-corrected chi connectivity index (χ2v) is 6.42. The number of piperidine rings is 1. The molecule has 0 spiro atoms. The average molecular weight is 341 g/mol. The number of hydrogen-bond acceptors (Lipinski definition) is 3. The van der Waals surface area contributed by atoms with E-state index in [9.17, 15) is 9.90 Å². The van der Waals surface area contributed by atoms with Crippen LogP contribution in [0.5, 0.6) is 0 Å². The summed E-state index contributed by atoms with van der Waals surface area (Å²) in [5.74, 6) is -0.312. The molecule has 1 aliphatic heterocycles. The van der Waals surface area contributed by atoms with Gasteiger partial charge >= 0.3 is 0 Å². The number of carbonyl (C=O) groups excluding carboxylic acids is 1. The molecule has 1 fully saturated rings. The van der Waals surface area contributed by atoms with E-state index in [0.717, 1.165) is 28.6 Å². The summed E-state index contributed by atoms with van der Waals surface area (Å²) in [4.78, 5) is 13.6. The molecule has 20 heavy (non-hydrogen) atoms. The number of primary amides is 1. The van der Waals surface area contributed by atoms with Crippen LogP contribution in [0.4, 0.5) is 5.69 Å². The summed E-state index contributed by atoms with van der Waals surface area (Å²) < 4.78 is 0.938. The number of amides is 1. The number of anilines is 1. The monoisotopic (exact) mass is 340 g/mol. The minimum atomic E-state index is -0.488. The average Bonchev–Trinajstić information content (AvgIpc) is 2.39. The molecule has 1 saturated heterocycles. The molecule has 0 aromatic heterocycles. The Morgan fingerprint density at radius 3 is 2.75 bits per heavy atom. The largest absolute Gasteiger partial charge is 0.389 e. The number of benzene rings is 1. The van der Waals surface area contributed by atoms with Crippen molar-refractivity contribution in [3.05, 3.63) is 28.2 Å². The summed E-state index contributed by atoms with van der Waals surface area (Å²) in [6, 6.07) is 6.22. The Hall–Kier alpha value is -1.07. The van der Waals surface area contributed by atoms with Crippen molar-refractivity contribution in [1.82, 2.24) is 0 Å². The van der Waals surface area contributed by atoms with E-state index in [2.05, 4.69) is 27.8 Å². The number of aliphatic hydroxyl groups excluding tert-OH is 1. The minimum Gasteiger partial charge on any atom is -0.389 e. The second kappa shape index (κ2) is 6.14. The molecular formula is C15H21BrN2O2. The first-order valence-electron chi connectivity index (χ1n) is 6.93. The third-order valence-corrected chi connectivity index (χ3v) is 4.68. The molecule has 3 N–H and O–H groups in total. The number of nitrogens with two attached hydrogens (primary N) is 1. The van der Waals surface area contributed by atoms with Crippen molar-refractivity contribution in [2.75, 3.05) is 11.4 Å². The lowest BCUT2D eigenvalue weighted by Gasteiger charge is -2.39. The topological polar surface area (TPSA) is 66.6 Å². The molecule has 1 aromatic rings. The van der Waals surface area contributed by atoms with Crippen LogP contribution in [0.15, 0.2) is 22.7 Å². The number of carbonyl (C=O) groups is 1. The van der Waals surface area contributed by atoms with Gasteiger partial charge in [-0.05, 0) is 60.3 Å². The summed E-state index contributed by atoms with van der Waals surface area (Å²) in [6.45, 7) is 4.56. The lowest BCUT2D eigenvalue weighted by molar-refractivity contribution is -0.122. The number of hydrogen-bond donors (Lipinski definition) is 2. The molecule has 5 heteroatoms. The van der Waals surface area contributed by atoms with E-state index in [-0.39, 0.29) is 11.8 Å². The highest BCUT2D eigenvalue weighted by molar-refractivity contribution is 9.10. The van der Waals surface area contributed by atoms with Crippen LogP contribution in [0.3, 0.4) is 0 Å². The van der Waals surface area contributed by atoms with Crippen molar-refractivity contribution in [1.29, 1.82) is 0 Å². The predicted octanol–water partition coefficient (Wildman–Crippen LogP) is 2.59. The Balaban J connectivity index is 2.27. The van der Waals surface area contributed by atoms with E-state index >= 15 is 0 Å². The van der Waals surface area contributed by atoms with Gasteiger partial charge in [-0.25, -0.2) is 0 Å². The van der Waals surface area contributed by atoms with Gasteiger partial charge in [-0.1, -0.05) is 6.07 Å². The third kappa shape index (κ3) is 3.15. The molecule has 1 aliphatic rings. The molecule has 1 amide bonds. The van der Waals surface area contributed by atoms with Gasteiger partial charge in [0.1, 0.15) is 0 Å². The molecular weight excluding hydrogens is 320 g/mol. The first kappa shape index (κ1) is 15.3. The first-order valence-corrected chi connectivity index (χ1v) is 7.73. The Morgan fingerprint density at radius 2 is 2.20 bits per heavy atom. The zero-order valence-electron chi connectivity index (χ0n) is 11.8. The number of rotatable bonds is 3. The molecule has 3 atom stereocenters. The van der Waals surface area contributed by atoms with Gasteiger partial charge in [0.2, 0.25) is 5.91 Å². The van der Waals surface area contributed by atoms with E-state index in [1.807, 2.05) is 18.2 Å². The van der Waals surface area contributed by atoms with E-state index < -0.39 is 6.10 Å². The Kier molecular flexibility index (Phi) is 4.70. The zero-order chi connectivity index (χ0) is 14.9. The molecule has 2 unspecified atom stereocenters. The van der Waals surface area contributed by atoms with E-state index in [4.69, 9.17) is 5.73 Å². The second-order valence-electron chi connectivity index (χ2n) is 5.56. The first-order chi connectivity index (χ1) is 9.40. The standard InChI is InChI=1S/C15H21BrN2O2/c1-9-3-4-12(15(17)20)8-18(9)14-6-5-11(10(2)19)7-13(14)16/h5-7,9-10,12,19H,3-4,8H2,1-2H3,(H2,17,20)/t9?,10-,12?/m0/s1. The van der Waals surface area contributed by atoms with Gasteiger partial charge in [-0.15, -0.1) is 0 Å². The van der Waals surface area contributed by atoms with Crippen molar-refractivity contribution in [2.24, 2.45) is 11.7 Å². The van der Waals surface area contributed by atoms with Gasteiger partial charge in [-0.3, -0.25) is 4.79 Å². The normalized spacial score (nSPS) is 24.5. The molecule has 4 nitrogen and oxygen atoms in total. The molecule has 0 saturated carbocycles. The summed E-state index contributed by atoms with van der Waals surface area (Å²) in [5.41, 5.74) is 7.37. The quantitative estimate of drug-likeness (QED) is 0.888. The highest BCUT2D eigenvalue weighted by Gasteiger charge is 2.29. The van der Waals surface area contributed by atoms with Crippen molar-refractivity contribution in [3.63, 3.8) is 0 Å². The van der Waals surface area contributed by atoms with Gasteiger partial charge in [0.25, 0.3) is 0 Å². The Labute approximate surface area is 128 Å². The van der Waals surface area contributed by atoms with Gasteiger partial charge in [0.15, 0.2) is 0 Å². The molecule has 0 aliphatic carbocycles. The van der Waals surface area contributed by atoms with Crippen molar-refractivity contribution in [3.8, 4) is 0 Å². The van der Waals surface area contributed by atoms with Gasteiger partial charge in [0.05, 0.1) is 17.7 Å². The molecule has 2 rings (SSSR count). The van der Waals surface area contributed by atoms with Crippen LogP contribution in [0.1, 0.15) is 38.4 Å². The maximum atomic E-state index is 11.4. The highest BCUT2D eigenvalue weighted by Crippen LogP contribution is 2.34. The molecule has 110 valence electrons. The SMILES string of the molecule is CC1CCC(C(N)=O)CN1c1ccc([C@H](C)O)cc1Br. The Bertz CT molecular complexity index is 505. The predicted molar refractivity (Wildman–Crippen MR) is 83.5 cm³/mol. The van der Waals surface area contributed by atoms with E-state index in [0.29, 0.717) is 12.6 Å². The number of nitrogens with zero attached hydrogens (tertiary/aromatic N) is 1. The van der Waals surface area contributed by atoms with E-state index in [1.54, 1.807) is 6.92 Å². The summed E-state index contributed by atoms with van der Waals surface area (Å²) in [5, 5.41) is 9.62. The molecule has 0 radical (unpaired) electrons. The number of halogens is 1. The van der Waals surface area contributed by atoms with Crippen LogP contribution < -0.4 is 10.6 Å². The van der Waals surface area contributed by atoms with Gasteiger partial charge < -0.3 is 15.7 Å². The van der Waals surface area contributed by atoms with Crippen molar-refractivity contribution < 1.29 is 9.90 Å². The van der Waals surface area contributed by atoms with Gasteiger partial charge in [-0.2, -0.15) is 0 Å². The van der Waals surface area contributed by atoms with Crippen LogP contribution in [0, 0.1) is 5.92 Å². The van der Waals surface area contributed by atoms with Crippen LogP contribution >= 0.6 is 15.9 Å². The van der Waals surface area contributed by atoms with Crippen LogP contribution in [-0.2, 0) is 4.79 Å². The summed E-state index contributed by atoms with van der Waals surface area (Å²) >= 11 is 3.57. The molecule has 1 heterocycles. The lowest BCUT2D eigenvalue weighted by atomic mass is 9.92. The summed E-state index contributed by atoms with van der Waals surface area (Å²) in [6.07, 6.45) is 1.33. The van der Waals surface area contributed by atoms with Crippen LogP contribution in [0.2, 0.25) is 0 Å². The zero-order valence-corrected chi connectivity index (χ0v) is 13.4. The minimum absolute atomic E-state index is 0.0884. The fourth-order valence-corrected chi connectivity index (χ4v) is 3.32. The van der Waals surface area contributed by atoms with Crippen LogP contribution in [-0.4, -0.2) is 23.6 Å². The fourth-order valence-electron chi connectivity index (χ4n) is 2.69. The van der Waals surface area contributed by atoms with E-state index in [1.165, 1.54) is 0 Å². The van der Waals surface area contributed by atoms with Crippen molar-refractivity contribution >= 4 is 27.5 Å². The smallest absolute Gasteiger partial charge is 0.222 e. The Morgan fingerprint density at radius 1 is 1.50 bits per heavy atom. The highest BCUT2D eigenvalue weighted by atomic mass is 79.9.